The first-order valence-corrected chi connectivity index (χ1v) is 18.7. The van der Waals surface area contributed by atoms with Crippen LogP contribution in [0.25, 0.3) is 27.7 Å². The number of aromatic nitrogens is 1. The largest absolute Gasteiger partial charge is 0.451 e. The van der Waals surface area contributed by atoms with Gasteiger partial charge in [0.25, 0.3) is 6.71 Å². The van der Waals surface area contributed by atoms with Crippen LogP contribution in [-0.4, -0.2) is 11.3 Å². The minimum absolute atomic E-state index is 0.0967. The Balaban J connectivity index is 1.22. The lowest BCUT2D eigenvalue weighted by Gasteiger charge is -2.44. The number of hydrogen-bond acceptors (Lipinski definition) is 3. The third-order valence-corrected chi connectivity index (χ3v) is 11.6. The standard InChI is InChI=1S/C49H36BN3O/c1-49(2)39-27-17-29-43-45(39)50(41-31-30-37(32-40(41)49)51(33-18-7-3-8-19-33)34-20-9-4-10-21-34)47-46(52(43)35-22-11-5-12-23-35)44-38-26-15-16-28-42(38)53(48(44)54-47)36-24-13-6-14-25-36/h3-32H,1-2H3. The molecule has 0 amide bonds. The summed E-state index contributed by atoms with van der Waals surface area (Å²) in [7, 11) is 0. The minimum atomic E-state index is -0.288. The predicted molar refractivity (Wildman–Crippen MR) is 226 cm³/mol. The highest BCUT2D eigenvalue weighted by atomic mass is 16.3. The fourth-order valence-corrected chi connectivity index (χ4v) is 9.28. The van der Waals surface area contributed by atoms with Crippen molar-refractivity contribution in [2.75, 3.05) is 9.80 Å². The van der Waals surface area contributed by atoms with Crippen LogP contribution in [0, 0.1) is 0 Å². The topological polar surface area (TPSA) is 24.6 Å². The molecule has 0 aliphatic carbocycles. The number of furan rings is 1. The Hall–Kier alpha value is -6.72. The number of para-hydroxylation sites is 5. The highest BCUT2D eigenvalue weighted by Crippen LogP contribution is 2.48. The maximum Gasteiger partial charge on any atom is 0.293 e. The lowest BCUT2D eigenvalue weighted by Crippen LogP contribution is -2.63. The van der Waals surface area contributed by atoms with E-state index in [-0.39, 0.29) is 12.1 Å². The van der Waals surface area contributed by atoms with Gasteiger partial charge in [-0.2, -0.15) is 0 Å². The van der Waals surface area contributed by atoms with Crippen LogP contribution in [-0.2, 0) is 5.41 Å². The van der Waals surface area contributed by atoms with Gasteiger partial charge in [0.05, 0.1) is 16.6 Å². The van der Waals surface area contributed by atoms with Crippen LogP contribution >= 0.6 is 0 Å². The second-order valence-electron chi connectivity index (χ2n) is 14.9. The number of anilines is 6. The molecule has 2 aliphatic heterocycles. The van der Waals surface area contributed by atoms with Crippen LogP contribution in [0.2, 0.25) is 0 Å². The molecule has 9 aromatic rings. The third kappa shape index (κ3) is 4.33. The van der Waals surface area contributed by atoms with Gasteiger partial charge in [-0.25, -0.2) is 0 Å². The van der Waals surface area contributed by atoms with E-state index < -0.39 is 0 Å². The van der Waals surface area contributed by atoms with Crippen molar-refractivity contribution in [2.24, 2.45) is 0 Å². The van der Waals surface area contributed by atoms with Gasteiger partial charge in [-0.3, -0.25) is 4.57 Å². The minimum Gasteiger partial charge on any atom is -0.451 e. The van der Waals surface area contributed by atoms with Gasteiger partial charge in [0.15, 0.2) is 0 Å². The van der Waals surface area contributed by atoms with Gasteiger partial charge < -0.3 is 14.2 Å². The lowest BCUT2D eigenvalue weighted by molar-refractivity contribution is 0.625. The molecule has 0 fully saturated rings. The van der Waals surface area contributed by atoms with E-state index in [1.165, 1.54) is 33.1 Å². The molecule has 0 bridgehead atoms. The van der Waals surface area contributed by atoms with Gasteiger partial charge in [0.1, 0.15) is 5.66 Å². The smallest absolute Gasteiger partial charge is 0.293 e. The highest BCUT2D eigenvalue weighted by Gasteiger charge is 2.49. The Kier molecular flexibility index (Phi) is 6.66. The first kappa shape index (κ1) is 30.9. The average molecular weight is 694 g/mol. The maximum atomic E-state index is 7.41. The monoisotopic (exact) mass is 693 g/mol. The van der Waals surface area contributed by atoms with E-state index in [1.54, 1.807) is 0 Å². The van der Waals surface area contributed by atoms with Crippen LogP contribution in [0.3, 0.4) is 0 Å². The Bertz CT molecular complexity index is 2820. The van der Waals surface area contributed by atoms with Gasteiger partial charge in [0, 0.05) is 44.9 Å². The second-order valence-corrected chi connectivity index (χ2v) is 14.9. The summed E-state index contributed by atoms with van der Waals surface area (Å²) in [6.45, 7) is 4.67. The van der Waals surface area contributed by atoms with Crippen LogP contribution in [0.4, 0.5) is 34.1 Å². The molecule has 7 aromatic carbocycles. The van der Waals surface area contributed by atoms with Gasteiger partial charge in [-0.1, -0.05) is 129 Å². The van der Waals surface area contributed by atoms with E-state index in [2.05, 4.69) is 210 Å². The zero-order valence-electron chi connectivity index (χ0n) is 30.1. The molecule has 0 saturated carbocycles. The lowest BCUT2D eigenvalue weighted by atomic mass is 9.32. The van der Waals surface area contributed by atoms with Crippen molar-refractivity contribution in [2.45, 2.75) is 19.3 Å². The molecule has 11 rings (SSSR count). The van der Waals surface area contributed by atoms with E-state index in [0.717, 1.165) is 56.4 Å². The van der Waals surface area contributed by atoms with Crippen molar-refractivity contribution < 1.29 is 4.42 Å². The zero-order chi connectivity index (χ0) is 36.0. The van der Waals surface area contributed by atoms with Gasteiger partial charge in [-0.05, 0) is 89.4 Å². The van der Waals surface area contributed by atoms with E-state index in [0.29, 0.717) is 0 Å². The Morgan fingerprint density at radius 3 is 1.85 bits per heavy atom. The number of nitrogens with zero attached hydrogens (tertiary/aromatic N) is 3. The van der Waals surface area contributed by atoms with Gasteiger partial charge in [0.2, 0.25) is 5.71 Å². The molecule has 5 heteroatoms. The quantitative estimate of drug-likeness (QED) is 0.168. The fraction of sp³-hybridized carbons (Fsp3) is 0.0612. The van der Waals surface area contributed by atoms with E-state index in [9.17, 15) is 0 Å². The normalized spacial score (nSPS) is 13.8. The molecule has 54 heavy (non-hydrogen) atoms. The summed E-state index contributed by atoms with van der Waals surface area (Å²) in [6.07, 6.45) is 0. The van der Waals surface area contributed by atoms with Crippen LogP contribution < -0.4 is 26.4 Å². The summed E-state index contributed by atoms with van der Waals surface area (Å²) in [5.41, 5.74) is 15.8. The van der Waals surface area contributed by atoms with Crippen molar-refractivity contribution in [3.05, 3.63) is 193 Å². The molecule has 2 aliphatic rings. The summed E-state index contributed by atoms with van der Waals surface area (Å²) in [6, 6.07) is 65.4. The van der Waals surface area contributed by atoms with Crippen LogP contribution in [0.5, 0.6) is 0 Å². The molecule has 256 valence electrons. The van der Waals surface area contributed by atoms with E-state index in [1.807, 2.05) is 0 Å². The molecule has 0 saturated heterocycles. The summed E-state index contributed by atoms with van der Waals surface area (Å²) >= 11 is 0. The van der Waals surface area contributed by atoms with Crippen LogP contribution in [0.1, 0.15) is 25.0 Å². The number of hydrogen-bond donors (Lipinski definition) is 0. The molecule has 4 heterocycles. The van der Waals surface area contributed by atoms with Gasteiger partial charge >= 0.3 is 0 Å². The number of rotatable bonds is 5. The first-order valence-electron chi connectivity index (χ1n) is 18.7. The van der Waals surface area contributed by atoms with Gasteiger partial charge in [-0.15, -0.1) is 0 Å². The molecular weight excluding hydrogens is 657 g/mol. The molecule has 2 aromatic heterocycles. The van der Waals surface area contributed by atoms with Crippen molar-refractivity contribution in [3.63, 3.8) is 0 Å². The Morgan fingerprint density at radius 1 is 0.556 bits per heavy atom. The Morgan fingerprint density at radius 2 is 1.17 bits per heavy atom. The summed E-state index contributed by atoms with van der Waals surface area (Å²) in [4.78, 5) is 4.82. The third-order valence-electron chi connectivity index (χ3n) is 11.6. The molecule has 0 radical (unpaired) electrons. The molecule has 0 atom stereocenters. The zero-order valence-corrected chi connectivity index (χ0v) is 30.1. The second kappa shape index (κ2) is 11.6. The van der Waals surface area contributed by atoms with Crippen molar-refractivity contribution in [1.29, 1.82) is 0 Å². The number of benzene rings is 7. The molecular formula is C49H36BN3O. The molecule has 0 spiro atoms. The molecule has 0 N–H and O–H groups in total. The van der Waals surface area contributed by atoms with Crippen molar-refractivity contribution >= 4 is 79.4 Å². The summed E-state index contributed by atoms with van der Waals surface area (Å²) < 4.78 is 9.71. The highest BCUT2D eigenvalue weighted by molar-refractivity contribution is 6.98. The predicted octanol–water partition coefficient (Wildman–Crippen LogP) is 10.8. The van der Waals surface area contributed by atoms with Crippen molar-refractivity contribution in [1.82, 2.24) is 4.57 Å². The molecule has 4 nitrogen and oxygen atoms in total. The Labute approximate surface area is 315 Å². The SMILES string of the molecule is CC1(C)c2cc(N(c3ccccc3)c3ccccc3)ccc2B2c3oc4c(c3N(c3ccccc3)c3cccc1c32)c1ccccc1n4-c1ccccc1. The average Bonchev–Trinajstić information content (AvgIpc) is 3.76. The summed E-state index contributed by atoms with van der Waals surface area (Å²) in [5.74, 6) is 0. The first-order chi connectivity index (χ1) is 26.6. The molecule has 0 unspecified atom stereocenters. The summed E-state index contributed by atoms with van der Waals surface area (Å²) in [5, 5.41) is 2.31. The van der Waals surface area contributed by atoms with Crippen LogP contribution in [0.15, 0.2) is 186 Å². The number of fused-ring (bicyclic) bond motifs is 8. The van der Waals surface area contributed by atoms with E-state index in [4.69, 9.17) is 4.42 Å². The van der Waals surface area contributed by atoms with Crippen molar-refractivity contribution in [3.8, 4) is 5.69 Å². The maximum absolute atomic E-state index is 7.41. The van der Waals surface area contributed by atoms with E-state index >= 15 is 0 Å². The fourth-order valence-electron chi connectivity index (χ4n) is 9.28.